The van der Waals surface area contributed by atoms with Crippen molar-refractivity contribution >= 4 is 5.97 Å². The fraction of sp³-hybridized carbons (Fsp3) is 0.792. The van der Waals surface area contributed by atoms with Gasteiger partial charge in [-0.05, 0) is 80.1 Å². The van der Waals surface area contributed by atoms with Gasteiger partial charge in [0, 0.05) is 11.8 Å². The molecule has 1 saturated heterocycles. The SMILES string of the molecule is C[C@]12CCC3(C=C1CC[C@@H]1[C@@H]2CC[C@@]2(C)[C@H]1CC[C@]2(O)C#CC(=O)[O-])OCCO3.[Na+]. The largest absolute Gasteiger partial charge is 1.00 e. The molecule has 3 saturated carbocycles. The van der Waals surface area contributed by atoms with Gasteiger partial charge < -0.3 is 24.5 Å². The maximum Gasteiger partial charge on any atom is 1.00 e. The third-order valence-electron chi connectivity index (χ3n) is 9.42. The van der Waals surface area contributed by atoms with Gasteiger partial charge >= 0.3 is 29.6 Å². The number of carbonyl (C=O) groups excluding carboxylic acids is 1. The third kappa shape index (κ3) is 3.17. The molecule has 0 aromatic heterocycles. The molecule has 1 spiro atoms. The summed E-state index contributed by atoms with van der Waals surface area (Å²) in [5.41, 5.74) is 0.103. The van der Waals surface area contributed by atoms with E-state index in [2.05, 4.69) is 31.8 Å². The molecule has 6 atom stereocenters. The molecule has 0 aromatic rings. The third-order valence-corrected chi connectivity index (χ3v) is 9.42. The van der Waals surface area contributed by atoms with Gasteiger partial charge in [0.15, 0.2) is 5.79 Å². The van der Waals surface area contributed by atoms with Crippen LogP contribution in [0.5, 0.6) is 0 Å². The molecule has 0 radical (unpaired) electrons. The van der Waals surface area contributed by atoms with E-state index < -0.39 is 17.4 Å². The van der Waals surface area contributed by atoms with Crippen molar-refractivity contribution in [2.45, 2.75) is 76.6 Å². The van der Waals surface area contributed by atoms with E-state index in [1.807, 2.05) is 0 Å². The van der Waals surface area contributed by atoms with Gasteiger partial charge in [0.2, 0.25) is 0 Å². The molecule has 5 aliphatic rings. The first-order valence-electron chi connectivity index (χ1n) is 11.2. The van der Waals surface area contributed by atoms with Gasteiger partial charge in [-0.2, -0.15) is 0 Å². The van der Waals surface area contributed by atoms with Gasteiger partial charge in [-0.1, -0.05) is 25.3 Å². The van der Waals surface area contributed by atoms with Crippen molar-refractivity contribution in [3.05, 3.63) is 11.6 Å². The minimum Gasteiger partial charge on any atom is -0.537 e. The van der Waals surface area contributed by atoms with Crippen molar-refractivity contribution in [1.29, 1.82) is 0 Å². The molecule has 1 heterocycles. The normalized spacial score (nSPS) is 45.8. The van der Waals surface area contributed by atoms with Gasteiger partial charge in [-0.15, -0.1) is 0 Å². The number of carbonyl (C=O) groups is 1. The molecule has 0 aromatic carbocycles. The number of rotatable bonds is 0. The van der Waals surface area contributed by atoms with Gasteiger partial charge in [0.25, 0.3) is 0 Å². The zero-order valence-corrected chi connectivity index (χ0v) is 20.5. The monoisotopic (exact) mass is 422 g/mol. The molecular formula is C24H31NaO5. The van der Waals surface area contributed by atoms with Gasteiger partial charge in [-0.3, -0.25) is 0 Å². The molecule has 30 heavy (non-hydrogen) atoms. The number of allylic oxidation sites excluding steroid dienone is 1. The van der Waals surface area contributed by atoms with E-state index in [4.69, 9.17) is 9.47 Å². The Morgan fingerprint density at radius 1 is 1.10 bits per heavy atom. The van der Waals surface area contributed by atoms with Crippen molar-refractivity contribution in [1.82, 2.24) is 0 Å². The fourth-order valence-electron chi connectivity index (χ4n) is 7.76. The maximum absolute atomic E-state index is 11.3. The summed E-state index contributed by atoms with van der Waals surface area (Å²) in [4.78, 5) is 10.9. The average Bonchev–Trinajstić information content (AvgIpc) is 3.24. The Bertz CT molecular complexity index is 821. The van der Waals surface area contributed by atoms with Crippen LogP contribution in [0.1, 0.15) is 65.2 Å². The maximum atomic E-state index is 11.3. The molecule has 1 N–H and O–H groups in total. The van der Waals surface area contributed by atoms with Crippen LogP contribution in [0.15, 0.2) is 11.6 Å². The van der Waals surface area contributed by atoms with E-state index in [-0.39, 0.29) is 40.4 Å². The predicted octanol–water partition coefficient (Wildman–Crippen LogP) is -0.819. The Kier molecular flexibility index (Phi) is 5.79. The average molecular weight is 422 g/mol. The van der Waals surface area contributed by atoms with Crippen LogP contribution in [-0.4, -0.2) is 35.7 Å². The Hall–Kier alpha value is -0.350. The van der Waals surface area contributed by atoms with Crippen LogP contribution < -0.4 is 34.7 Å². The van der Waals surface area contributed by atoms with Gasteiger partial charge in [-0.25, -0.2) is 0 Å². The number of aliphatic hydroxyl groups is 1. The molecule has 5 rings (SSSR count). The Labute approximate surface area is 201 Å². The summed E-state index contributed by atoms with van der Waals surface area (Å²) >= 11 is 0. The van der Waals surface area contributed by atoms with E-state index in [1.54, 1.807) is 0 Å². The minimum atomic E-state index is -1.41. The quantitative estimate of drug-likeness (QED) is 0.314. The summed E-state index contributed by atoms with van der Waals surface area (Å²) in [5, 5.41) is 22.2. The summed E-state index contributed by atoms with van der Waals surface area (Å²) in [7, 11) is 0. The molecule has 5 nitrogen and oxygen atoms in total. The molecule has 4 fully saturated rings. The molecule has 0 amide bonds. The second kappa shape index (κ2) is 7.61. The Morgan fingerprint density at radius 3 is 2.50 bits per heavy atom. The summed E-state index contributed by atoms with van der Waals surface area (Å²) in [6, 6.07) is 0. The number of carboxylic acid groups (broad SMARTS) is 1. The number of carboxylic acids is 1. The number of aliphatic carboxylic acids is 1. The summed E-state index contributed by atoms with van der Waals surface area (Å²) in [6.07, 6.45) is 9.88. The van der Waals surface area contributed by atoms with Crippen molar-refractivity contribution in [3.8, 4) is 11.8 Å². The van der Waals surface area contributed by atoms with E-state index in [9.17, 15) is 15.0 Å². The van der Waals surface area contributed by atoms with E-state index in [0.717, 1.165) is 44.9 Å². The summed E-state index contributed by atoms with van der Waals surface area (Å²) < 4.78 is 11.9. The van der Waals surface area contributed by atoms with Crippen LogP contribution >= 0.6 is 0 Å². The van der Waals surface area contributed by atoms with Crippen molar-refractivity contribution in [2.24, 2.45) is 28.6 Å². The van der Waals surface area contributed by atoms with E-state index in [0.29, 0.717) is 37.4 Å². The predicted molar refractivity (Wildman–Crippen MR) is 104 cm³/mol. The summed E-state index contributed by atoms with van der Waals surface area (Å²) in [6.45, 7) is 5.92. The second-order valence-corrected chi connectivity index (χ2v) is 10.4. The van der Waals surface area contributed by atoms with Crippen molar-refractivity contribution < 1.29 is 54.0 Å². The first kappa shape index (κ1) is 22.8. The molecular weight excluding hydrogens is 391 g/mol. The van der Waals surface area contributed by atoms with Crippen molar-refractivity contribution in [2.75, 3.05) is 13.2 Å². The van der Waals surface area contributed by atoms with Gasteiger partial charge in [0.1, 0.15) is 11.6 Å². The number of hydrogen-bond donors (Lipinski definition) is 1. The van der Waals surface area contributed by atoms with Crippen LogP contribution in [-0.2, 0) is 14.3 Å². The molecule has 0 bridgehead atoms. The van der Waals surface area contributed by atoms with Crippen LogP contribution in [0.2, 0.25) is 0 Å². The zero-order chi connectivity index (χ0) is 20.5. The minimum absolute atomic E-state index is 0. The van der Waals surface area contributed by atoms with Crippen LogP contribution in [0, 0.1) is 40.4 Å². The van der Waals surface area contributed by atoms with Gasteiger partial charge in [0.05, 0.1) is 13.2 Å². The topological polar surface area (TPSA) is 78.8 Å². The molecule has 4 aliphatic carbocycles. The standard InChI is InChI=1S/C24H32O5.Na/c1-21-11-12-24(28-13-14-29-24)15-16(21)3-4-17-18(21)5-8-22(2)19(17)6-9-23(22,27)10-7-20(25)26;/h15,17-19,27H,3-6,8-9,11-14H2,1-2H3,(H,25,26);/q;+1/p-1/t17-,18+,19+,21+,22+,23+;/m1./s1. The molecule has 6 heteroatoms. The van der Waals surface area contributed by atoms with Crippen LogP contribution in [0.4, 0.5) is 0 Å². The van der Waals surface area contributed by atoms with E-state index in [1.165, 1.54) is 5.57 Å². The fourth-order valence-corrected chi connectivity index (χ4v) is 7.76. The second-order valence-electron chi connectivity index (χ2n) is 10.4. The first-order valence-corrected chi connectivity index (χ1v) is 11.2. The number of ether oxygens (including phenoxy) is 2. The Balaban J connectivity index is 0.00000218. The van der Waals surface area contributed by atoms with E-state index >= 15 is 0 Å². The van der Waals surface area contributed by atoms with Crippen LogP contribution in [0.25, 0.3) is 0 Å². The van der Waals surface area contributed by atoms with Crippen molar-refractivity contribution in [3.63, 3.8) is 0 Å². The number of fused-ring (bicyclic) bond motifs is 5. The smallest absolute Gasteiger partial charge is 0.537 e. The first-order chi connectivity index (χ1) is 13.7. The molecule has 158 valence electrons. The summed E-state index contributed by atoms with van der Waals surface area (Å²) in [5.74, 6) is 4.43. The Morgan fingerprint density at radius 2 is 1.80 bits per heavy atom. The molecule has 1 aliphatic heterocycles. The van der Waals surface area contributed by atoms with Crippen LogP contribution in [0.3, 0.4) is 0 Å². The molecule has 0 unspecified atom stereocenters. The zero-order valence-electron chi connectivity index (χ0n) is 18.5. The number of hydrogen-bond acceptors (Lipinski definition) is 5.